The van der Waals surface area contributed by atoms with Gasteiger partial charge in [0.2, 0.25) is 0 Å². The van der Waals surface area contributed by atoms with Gasteiger partial charge in [-0.05, 0) is 18.6 Å². The summed E-state index contributed by atoms with van der Waals surface area (Å²) in [5.41, 5.74) is 8.75. The first-order valence-electron chi connectivity index (χ1n) is 11.5. The van der Waals surface area contributed by atoms with Crippen molar-refractivity contribution in [2.45, 2.75) is 71.1 Å². The predicted molar refractivity (Wildman–Crippen MR) is 124 cm³/mol. The minimum Gasteiger partial charge on any atom is -0.398 e. The molecule has 0 amide bonds. The first-order chi connectivity index (χ1) is 14.6. The van der Waals surface area contributed by atoms with Crippen LogP contribution in [0.3, 0.4) is 0 Å². The summed E-state index contributed by atoms with van der Waals surface area (Å²) in [6.45, 7) is 3.06. The number of benzene rings is 2. The topological polar surface area (TPSA) is 72.2 Å². The Labute approximate surface area is 180 Å². The molecular weight excluding hydrogens is 372 g/mol. The average molecular weight is 407 g/mol. The molecule has 0 bridgehead atoms. The van der Waals surface area contributed by atoms with Crippen LogP contribution < -0.4 is 11.1 Å². The number of nitrogen functional groups attached to an aromatic ring is 1. The summed E-state index contributed by atoms with van der Waals surface area (Å²) >= 11 is 0. The minimum absolute atomic E-state index is 0.127. The lowest BCUT2D eigenvalue weighted by atomic mass is 9.82. The maximum Gasteiger partial charge on any atom is 0.196 e. The Morgan fingerprint density at radius 3 is 1.90 bits per heavy atom. The number of unbranched alkanes of at least 4 members (excludes halogenated alkanes) is 9. The molecule has 2 aromatic rings. The molecule has 3 rings (SSSR count). The van der Waals surface area contributed by atoms with Gasteiger partial charge in [0.15, 0.2) is 11.6 Å². The summed E-state index contributed by atoms with van der Waals surface area (Å²) in [5, 5.41) is 3.39. The molecule has 4 heteroatoms. The van der Waals surface area contributed by atoms with Crippen molar-refractivity contribution in [2.24, 2.45) is 0 Å². The van der Waals surface area contributed by atoms with E-state index in [0.717, 1.165) is 18.7 Å². The molecule has 3 N–H and O–H groups in total. The highest BCUT2D eigenvalue weighted by Gasteiger charge is 2.32. The smallest absolute Gasteiger partial charge is 0.196 e. The third-order valence-corrected chi connectivity index (χ3v) is 5.95. The van der Waals surface area contributed by atoms with E-state index in [1.54, 1.807) is 24.3 Å². The fourth-order valence-electron chi connectivity index (χ4n) is 4.25. The molecule has 30 heavy (non-hydrogen) atoms. The van der Waals surface area contributed by atoms with Crippen molar-refractivity contribution < 1.29 is 9.59 Å². The molecule has 2 aromatic carbocycles. The zero-order valence-corrected chi connectivity index (χ0v) is 18.1. The molecule has 0 aliphatic heterocycles. The van der Waals surface area contributed by atoms with Crippen LogP contribution in [0.1, 0.15) is 103 Å². The van der Waals surface area contributed by atoms with Crippen molar-refractivity contribution >= 4 is 22.9 Å². The predicted octanol–water partition coefficient (Wildman–Crippen LogP) is 6.38. The van der Waals surface area contributed by atoms with Gasteiger partial charge in [-0.3, -0.25) is 9.59 Å². The SMILES string of the molecule is CCCCCCCCCCCCNc1cccc2c1C(=O)c1cccc(N)c1C2=O. The minimum atomic E-state index is -0.166. The van der Waals surface area contributed by atoms with E-state index in [9.17, 15) is 9.59 Å². The quantitative estimate of drug-likeness (QED) is 0.270. The molecule has 0 fully saturated rings. The lowest BCUT2D eigenvalue weighted by molar-refractivity contribution is 0.0980. The van der Waals surface area contributed by atoms with Crippen LogP contribution in [0.5, 0.6) is 0 Å². The average Bonchev–Trinajstić information content (AvgIpc) is 2.75. The van der Waals surface area contributed by atoms with Gasteiger partial charge >= 0.3 is 0 Å². The number of rotatable bonds is 12. The molecule has 1 aliphatic rings. The Bertz CT molecular complexity index is 889. The fourth-order valence-corrected chi connectivity index (χ4v) is 4.25. The first-order valence-corrected chi connectivity index (χ1v) is 11.5. The lowest BCUT2D eigenvalue weighted by Crippen LogP contribution is -2.24. The highest BCUT2D eigenvalue weighted by Crippen LogP contribution is 2.34. The standard InChI is InChI=1S/C26H34N2O2/c1-2-3-4-5-6-7-8-9-10-11-18-28-22-17-13-15-20-24(22)26(30)19-14-12-16-21(27)23(19)25(20)29/h12-17,28H,2-11,18,27H2,1H3. The number of anilines is 2. The van der Waals surface area contributed by atoms with E-state index in [-0.39, 0.29) is 11.6 Å². The molecule has 0 atom stereocenters. The number of ketones is 2. The van der Waals surface area contributed by atoms with Crippen molar-refractivity contribution in [3.63, 3.8) is 0 Å². The largest absolute Gasteiger partial charge is 0.398 e. The number of hydrogen-bond acceptors (Lipinski definition) is 4. The second kappa shape index (κ2) is 11.0. The molecule has 0 saturated heterocycles. The van der Waals surface area contributed by atoms with Crippen LogP contribution in [0.2, 0.25) is 0 Å². The molecule has 1 aliphatic carbocycles. The number of nitrogens with one attached hydrogen (secondary N) is 1. The van der Waals surface area contributed by atoms with Gasteiger partial charge in [-0.1, -0.05) is 89.0 Å². The van der Waals surface area contributed by atoms with E-state index in [1.807, 2.05) is 12.1 Å². The van der Waals surface area contributed by atoms with E-state index >= 15 is 0 Å². The summed E-state index contributed by atoms with van der Waals surface area (Å²) in [6, 6.07) is 10.5. The molecule has 0 radical (unpaired) electrons. The van der Waals surface area contributed by atoms with Crippen molar-refractivity contribution in [3.8, 4) is 0 Å². The van der Waals surface area contributed by atoms with Gasteiger partial charge in [0.25, 0.3) is 0 Å². The number of hydrogen-bond donors (Lipinski definition) is 2. The van der Waals surface area contributed by atoms with Crippen LogP contribution in [0.15, 0.2) is 36.4 Å². The van der Waals surface area contributed by atoms with E-state index < -0.39 is 0 Å². The van der Waals surface area contributed by atoms with Crippen LogP contribution in [0.25, 0.3) is 0 Å². The number of carbonyl (C=O) groups is 2. The van der Waals surface area contributed by atoms with E-state index in [1.165, 1.54) is 57.8 Å². The van der Waals surface area contributed by atoms with Crippen molar-refractivity contribution in [2.75, 3.05) is 17.6 Å². The summed E-state index contributed by atoms with van der Waals surface area (Å²) in [6.07, 6.45) is 12.9. The second-order valence-corrected chi connectivity index (χ2v) is 8.26. The van der Waals surface area contributed by atoms with Gasteiger partial charge in [0, 0.05) is 29.0 Å². The van der Waals surface area contributed by atoms with Gasteiger partial charge in [0.05, 0.1) is 11.1 Å². The summed E-state index contributed by atoms with van der Waals surface area (Å²) in [7, 11) is 0. The highest BCUT2D eigenvalue weighted by atomic mass is 16.1. The molecule has 0 unspecified atom stereocenters. The Hall–Kier alpha value is -2.62. The van der Waals surface area contributed by atoms with Crippen LogP contribution in [0.4, 0.5) is 11.4 Å². The third-order valence-electron chi connectivity index (χ3n) is 5.95. The van der Waals surface area contributed by atoms with Gasteiger partial charge in [-0.15, -0.1) is 0 Å². The highest BCUT2D eigenvalue weighted by molar-refractivity contribution is 6.31. The number of carbonyl (C=O) groups excluding carboxylic acids is 2. The zero-order chi connectivity index (χ0) is 21.3. The zero-order valence-electron chi connectivity index (χ0n) is 18.1. The van der Waals surface area contributed by atoms with Crippen LogP contribution >= 0.6 is 0 Å². The molecule has 0 heterocycles. The van der Waals surface area contributed by atoms with E-state index in [4.69, 9.17) is 5.73 Å². The van der Waals surface area contributed by atoms with Gasteiger partial charge in [0.1, 0.15) is 0 Å². The van der Waals surface area contributed by atoms with E-state index in [2.05, 4.69) is 12.2 Å². The van der Waals surface area contributed by atoms with Crippen LogP contribution in [0, 0.1) is 0 Å². The molecule has 0 spiro atoms. The molecule has 0 aromatic heterocycles. The Balaban J connectivity index is 1.50. The fraction of sp³-hybridized carbons (Fsp3) is 0.462. The Morgan fingerprint density at radius 1 is 0.700 bits per heavy atom. The lowest BCUT2D eigenvalue weighted by Gasteiger charge is -2.21. The molecule has 4 nitrogen and oxygen atoms in total. The van der Waals surface area contributed by atoms with Crippen LogP contribution in [-0.2, 0) is 0 Å². The van der Waals surface area contributed by atoms with Gasteiger partial charge in [-0.2, -0.15) is 0 Å². The number of nitrogens with two attached hydrogens (primary N) is 1. The second-order valence-electron chi connectivity index (χ2n) is 8.26. The third kappa shape index (κ3) is 5.10. The van der Waals surface area contributed by atoms with Crippen molar-refractivity contribution in [3.05, 3.63) is 58.7 Å². The van der Waals surface area contributed by atoms with E-state index in [0.29, 0.717) is 27.9 Å². The molecular formula is C26H34N2O2. The summed E-state index contributed by atoms with van der Waals surface area (Å²) in [5.74, 6) is -0.293. The van der Waals surface area contributed by atoms with Gasteiger partial charge < -0.3 is 11.1 Å². The molecule has 160 valence electrons. The monoisotopic (exact) mass is 406 g/mol. The normalized spacial score (nSPS) is 12.6. The first kappa shape index (κ1) is 22.1. The van der Waals surface area contributed by atoms with Gasteiger partial charge in [-0.25, -0.2) is 0 Å². The number of fused-ring (bicyclic) bond motifs is 2. The maximum absolute atomic E-state index is 13.1. The summed E-state index contributed by atoms with van der Waals surface area (Å²) < 4.78 is 0. The maximum atomic E-state index is 13.1. The Kier molecular flexibility index (Phi) is 8.06. The van der Waals surface area contributed by atoms with Crippen molar-refractivity contribution in [1.29, 1.82) is 0 Å². The van der Waals surface area contributed by atoms with Crippen molar-refractivity contribution in [1.82, 2.24) is 0 Å². The van der Waals surface area contributed by atoms with Crippen LogP contribution in [-0.4, -0.2) is 18.1 Å². The summed E-state index contributed by atoms with van der Waals surface area (Å²) in [4.78, 5) is 26.0. The Morgan fingerprint density at radius 2 is 1.23 bits per heavy atom. The molecule has 0 saturated carbocycles.